The zero-order valence-electron chi connectivity index (χ0n) is 11.2. The van der Waals surface area contributed by atoms with E-state index in [0.29, 0.717) is 29.4 Å². The van der Waals surface area contributed by atoms with Gasteiger partial charge in [0.25, 0.3) is 5.91 Å². The van der Waals surface area contributed by atoms with Gasteiger partial charge in [-0.25, -0.2) is 4.39 Å². The summed E-state index contributed by atoms with van der Waals surface area (Å²) in [6.07, 6.45) is 3.30. The van der Waals surface area contributed by atoms with Crippen LogP contribution in [0.3, 0.4) is 0 Å². The Balaban J connectivity index is 1.78. The maximum atomic E-state index is 13.9. The molecule has 2 aliphatic rings. The molecule has 0 spiro atoms. The van der Waals surface area contributed by atoms with E-state index >= 15 is 0 Å². The summed E-state index contributed by atoms with van der Waals surface area (Å²) < 4.78 is 14.5. The summed E-state index contributed by atoms with van der Waals surface area (Å²) >= 11 is 3.21. The Morgan fingerprint density at radius 2 is 2.15 bits per heavy atom. The zero-order chi connectivity index (χ0) is 14.3. The van der Waals surface area contributed by atoms with Gasteiger partial charge in [-0.1, -0.05) is 22.4 Å². The van der Waals surface area contributed by atoms with E-state index in [1.165, 1.54) is 6.07 Å². The van der Waals surface area contributed by atoms with E-state index < -0.39 is 5.82 Å². The number of carbonyl (C=O) groups is 1. The quantitative estimate of drug-likeness (QED) is 0.854. The van der Waals surface area contributed by atoms with E-state index in [9.17, 15) is 9.18 Å². The predicted octanol–water partition coefficient (Wildman–Crippen LogP) is 2.79. The molecule has 1 amide bonds. The van der Waals surface area contributed by atoms with Crippen LogP contribution in [0.15, 0.2) is 22.7 Å². The molecule has 1 aromatic rings. The Labute approximate surface area is 126 Å². The van der Waals surface area contributed by atoms with Crippen molar-refractivity contribution in [2.75, 3.05) is 13.1 Å². The fourth-order valence-electron chi connectivity index (χ4n) is 3.52. The van der Waals surface area contributed by atoms with Gasteiger partial charge in [0.05, 0.1) is 5.56 Å². The molecule has 2 fully saturated rings. The number of halogens is 2. The van der Waals surface area contributed by atoms with Crippen LogP contribution in [0.5, 0.6) is 0 Å². The van der Waals surface area contributed by atoms with E-state index in [1.807, 2.05) is 0 Å². The first kappa shape index (κ1) is 14.0. The van der Waals surface area contributed by atoms with Crippen LogP contribution in [0.1, 0.15) is 29.6 Å². The van der Waals surface area contributed by atoms with E-state index in [2.05, 4.69) is 15.9 Å². The Morgan fingerprint density at radius 1 is 1.35 bits per heavy atom. The summed E-state index contributed by atoms with van der Waals surface area (Å²) in [6.45, 7) is 1.38. The maximum Gasteiger partial charge on any atom is 0.256 e. The van der Waals surface area contributed by atoms with Crippen molar-refractivity contribution in [3.63, 3.8) is 0 Å². The van der Waals surface area contributed by atoms with Gasteiger partial charge in [-0.3, -0.25) is 4.79 Å². The lowest BCUT2D eigenvalue weighted by Gasteiger charge is -2.29. The minimum Gasteiger partial charge on any atom is -0.338 e. The second kappa shape index (κ2) is 5.45. The number of nitrogens with two attached hydrogens (primary N) is 1. The largest absolute Gasteiger partial charge is 0.338 e. The molecule has 1 heterocycles. The average molecular weight is 341 g/mol. The smallest absolute Gasteiger partial charge is 0.256 e. The Bertz CT molecular complexity index is 537. The average Bonchev–Trinajstić information content (AvgIpc) is 2.83. The number of rotatable bonds is 1. The number of amides is 1. The molecule has 3 nitrogen and oxygen atoms in total. The molecule has 20 heavy (non-hydrogen) atoms. The van der Waals surface area contributed by atoms with E-state index in [4.69, 9.17) is 5.73 Å². The first-order valence-corrected chi connectivity index (χ1v) is 7.85. The van der Waals surface area contributed by atoms with Gasteiger partial charge in [0, 0.05) is 23.6 Å². The van der Waals surface area contributed by atoms with Crippen LogP contribution >= 0.6 is 15.9 Å². The van der Waals surface area contributed by atoms with Gasteiger partial charge in [0.15, 0.2) is 0 Å². The van der Waals surface area contributed by atoms with Crippen LogP contribution in [-0.2, 0) is 0 Å². The van der Waals surface area contributed by atoms with Crippen molar-refractivity contribution >= 4 is 21.8 Å². The lowest BCUT2D eigenvalue weighted by molar-refractivity contribution is 0.0779. The van der Waals surface area contributed by atoms with Gasteiger partial charge in [-0.05, 0) is 42.9 Å². The molecule has 1 aliphatic carbocycles. The number of carbonyl (C=O) groups excluding carboxylic acids is 1. The van der Waals surface area contributed by atoms with Gasteiger partial charge < -0.3 is 10.6 Å². The molecule has 0 aromatic heterocycles. The summed E-state index contributed by atoms with van der Waals surface area (Å²) in [6, 6.07) is 4.76. The second-order valence-electron chi connectivity index (χ2n) is 5.85. The van der Waals surface area contributed by atoms with Gasteiger partial charge in [0.2, 0.25) is 0 Å². The third-order valence-electron chi connectivity index (χ3n) is 4.60. The molecule has 1 aromatic carbocycles. The fourth-order valence-corrected chi connectivity index (χ4v) is 3.85. The lowest BCUT2D eigenvalue weighted by atomic mass is 9.78. The Morgan fingerprint density at radius 3 is 2.85 bits per heavy atom. The standard InChI is InChI=1S/C15H18BrFN2O/c16-10-4-5-11(13(17)6-10)15(20)19-7-9-2-1-3-14(18)12(9)8-19/h4-6,9,12,14H,1-3,7-8,18H2. The Hall–Kier alpha value is -0.940. The van der Waals surface area contributed by atoms with Crippen molar-refractivity contribution in [3.8, 4) is 0 Å². The van der Waals surface area contributed by atoms with Gasteiger partial charge >= 0.3 is 0 Å². The highest BCUT2D eigenvalue weighted by atomic mass is 79.9. The topological polar surface area (TPSA) is 46.3 Å². The number of fused-ring (bicyclic) bond motifs is 1. The summed E-state index contributed by atoms with van der Waals surface area (Å²) in [5, 5.41) is 0. The van der Waals surface area contributed by atoms with Crippen molar-refractivity contribution in [1.82, 2.24) is 4.90 Å². The highest BCUT2D eigenvalue weighted by molar-refractivity contribution is 9.10. The summed E-state index contributed by atoms with van der Waals surface area (Å²) in [4.78, 5) is 14.2. The third kappa shape index (κ3) is 2.49. The van der Waals surface area contributed by atoms with Crippen molar-refractivity contribution in [2.24, 2.45) is 17.6 Å². The summed E-state index contributed by atoms with van der Waals surface area (Å²) in [7, 11) is 0. The number of hydrogen-bond acceptors (Lipinski definition) is 2. The molecule has 1 aliphatic heterocycles. The molecule has 3 atom stereocenters. The molecule has 108 valence electrons. The van der Waals surface area contributed by atoms with E-state index in [0.717, 1.165) is 19.3 Å². The first-order chi connectivity index (χ1) is 9.56. The molecule has 3 rings (SSSR count). The predicted molar refractivity (Wildman–Crippen MR) is 78.8 cm³/mol. The van der Waals surface area contributed by atoms with Crippen molar-refractivity contribution < 1.29 is 9.18 Å². The lowest BCUT2D eigenvalue weighted by Crippen LogP contribution is -2.38. The number of benzene rings is 1. The Kier molecular flexibility index (Phi) is 3.82. The number of hydrogen-bond donors (Lipinski definition) is 1. The van der Waals surface area contributed by atoms with Gasteiger partial charge in [-0.2, -0.15) is 0 Å². The highest BCUT2D eigenvalue weighted by Gasteiger charge is 2.40. The molecule has 0 radical (unpaired) electrons. The maximum absolute atomic E-state index is 13.9. The van der Waals surface area contributed by atoms with Crippen LogP contribution in [-0.4, -0.2) is 29.9 Å². The fraction of sp³-hybridized carbons (Fsp3) is 0.533. The summed E-state index contributed by atoms with van der Waals surface area (Å²) in [5.41, 5.74) is 6.31. The molecule has 0 bridgehead atoms. The molecule has 1 saturated heterocycles. The van der Waals surface area contributed by atoms with Gasteiger partial charge in [-0.15, -0.1) is 0 Å². The van der Waals surface area contributed by atoms with Crippen molar-refractivity contribution in [1.29, 1.82) is 0 Å². The monoisotopic (exact) mass is 340 g/mol. The second-order valence-corrected chi connectivity index (χ2v) is 6.77. The first-order valence-electron chi connectivity index (χ1n) is 7.06. The highest BCUT2D eigenvalue weighted by Crippen LogP contribution is 2.36. The molecular formula is C15H18BrFN2O. The van der Waals surface area contributed by atoms with Crippen molar-refractivity contribution in [3.05, 3.63) is 34.1 Å². The van der Waals surface area contributed by atoms with Crippen LogP contribution in [0.4, 0.5) is 4.39 Å². The molecule has 5 heteroatoms. The molecule has 3 unspecified atom stereocenters. The zero-order valence-corrected chi connectivity index (χ0v) is 12.8. The molecular weight excluding hydrogens is 323 g/mol. The minimum atomic E-state index is -0.469. The van der Waals surface area contributed by atoms with E-state index in [1.54, 1.807) is 17.0 Å². The minimum absolute atomic E-state index is 0.153. The molecule has 1 saturated carbocycles. The van der Waals surface area contributed by atoms with Crippen LogP contribution in [0.2, 0.25) is 0 Å². The summed E-state index contributed by atoms with van der Waals surface area (Å²) in [5.74, 6) is 0.188. The van der Waals surface area contributed by atoms with Crippen molar-refractivity contribution in [2.45, 2.75) is 25.3 Å². The van der Waals surface area contributed by atoms with Crippen LogP contribution in [0, 0.1) is 17.7 Å². The van der Waals surface area contributed by atoms with Gasteiger partial charge in [0.1, 0.15) is 5.82 Å². The van der Waals surface area contributed by atoms with E-state index in [-0.39, 0.29) is 17.5 Å². The normalized spacial score (nSPS) is 29.4. The third-order valence-corrected chi connectivity index (χ3v) is 5.10. The molecule has 2 N–H and O–H groups in total. The van der Waals surface area contributed by atoms with Crippen LogP contribution in [0.25, 0.3) is 0 Å². The number of nitrogens with zero attached hydrogens (tertiary/aromatic N) is 1. The number of likely N-dealkylation sites (tertiary alicyclic amines) is 1. The van der Waals surface area contributed by atoms with Crippen LogP contribution < -0.4 is 5.73 Å². The SMILES string of the molecule is NC1CCCC2CN(C(=O)c3ccc(Br)cc3F)CC12.